The molecule has 1 aliphatic carbocycles. The molecule has 1 aliphatic heterocycles. The summed E-state index contributed by atoms with van der Waals surface area (Å²) >= 11 is 1.82. The smallest absolute Gasteiger partial charge is 0.227 e. The molecular weight excluding hydrogens is 280 g/mol. The fraction of sp³-hybridized carbons (Fsp3) is 0.643. The van der Waals surface area contributed by atoms with Gasteiger partial charge < -0.3 is 10.6 Å². The number of carbonyl (C=O) groups excluding carboxylic acids is 1. The van der Waals surface area contributed by atoms with E-state index in [9.17, 15) is 4.79 Å². The molecule has 1 aromatic heterocycles. The maximum Gasteiger partial charge on any atom is 0.227 e. The summed E-state index contributed by atoms with van der Waals surface area (Å²) in [5.74, 6) is 0.219. The van der Waals surface area contributed by atoms with Gasteiger partial charge in [-0.1, -0.05) is 0 Å². The van der Waals surface area contributed by atoms with Crippen molar-refractivity contribution in [2.75, 3.05) is 13.1 Å². The number of aryl methyl sites for hydroxylation is 1. The number of fused-ring (bicyclic) bond motifs is 1. The average Bonchev–Trinajstić information content (AvgIpc) is 2.98. The maximum absolute atomic E-state index is 12.4. The van der Waals surface area contributed by atoms with Crippen LogP contribution in [0.3, 0.4) is 0 Å². The molecule has 1 saturated heterocycles. The van der Waals surface area contributed by atoms with Gasteiger partial charge >= 0.3 is 0 Å². The van der Waals surface area contributed by atoms with E-state index in [4.69, 9.17) is 0 Å². The number of hydrogen-bond donors (Lipinski definition) is 2. The van der Waals surface area contributed by atoms with Crippen LogP contribution in [-0.2, 0) is 11.2 Å². The first-order valence-corrected chi connectivity index (χ1v) is 7.65. The molecule has 1 amide bonds. The lowest BCUT2D eigenvalue weighted by atomic mass is 9.87. The molecule has 2 aliphatic rings. The van der Waals surface area contributed by atoms with Gasteiger partial charge in [0.1, 0.15) is 0 Å². The number of rotatable bonds is 2. The standard InChI is InChI=1S/C14H20N2OS.ClH/c1-14(6-7-15-9-14)13(17)16-11-3-2-4-12-10(11)5-8-18-12;/h5,8,11,15H,2-4,6-7,9H2,1H3,(H,16,17);1H. The Kier molecular flexibility index (Phi) is 4.54. The summed E-state index contributed by atoms with van der Waals surface area (Å²) < 4.78 is 0. The van der Waals surface area contributed by atoms with Crippen molar-refractivity contribution in [3.05, 3.63) is 21.9 Å². The van der Waals surface area contributed by atoms with Crippen molar-refractivity contribution in [3.63, 3.8) is 0 Å². The van der Waals surface area contributed by atoms with Crippen LogP contribution in [0.2, 0.25) is 0 Å². The fourth-order valence-corrected chi connectivity index (χ4v) is 3.97. The normalized spacial score (nSPS) is 29.4. The van der Waals surface area contributed by atoms with E-state index in [1.807, 2.05) is 11.3 Å². The van der Waals surface area contributed by atoms with Crippen LogP contribution in [0.4, 0.5) is 0 Å². The Hall–Kier alpha value is -0.580. The van der Waals surface area contributed by atoms with E-state index in [0.29, 0.717) is 0 Å². The van der Waals surface area contributed by atoms with Crippen LogP contribution in [0.15, 0.2) is 11.4 Å². The van der Waals surface area contributed by atoms with Crippen LogP contribution in [0.25, 0.3) is 0 Å². The molecule has 3 nitrogen and oxygen atoms in total. The van der Waals surface area contributed by atoms with Crippen LogP contribution in [-0.4, -0.2) is 19.0 Å². The monoisotopic (exact) mass is 300 g/mol. The van der Waals surface area contributed by atoms with Crippen LogP contribution in [0, 0.1) is 5.41 Å². The van der Waals surface area contributed by atoms with E-state index in [-0.39, 0.29) is 29.8 Å². The first-order chi connectivity index (χ1) is 8.69. The highest BCUT2D eigenvalue weighted by Crippen LogP contribution is 2.34. The Bertz CT molecular complexity index is 454. The topological polar surface area (TPSA) is 41.1 Å². The van der Waals surface area contributed by atoms with Crippen molar-refractivity contribution >= 4 is 29.7 Å². The van der Waals surface area contributed by atoms with Gasteiger partial charge in [-0.05, 0) is 56.2 Å². The maximum atomic E-state index is 12.4. The second-order valence-electron chi connectivity index (χ2n) is 5.70. The number of halogens is 1. The van der Waals surface area contributed by atoms with E-state index in [0.717, 1.165) is 25.9 Å². The zero-order chi connectivity index (χ0) is 12.6. The van der Waals surface area contributed by atoms with Gasteiger partial charge in [-0.15, -0.1) is 23.7 Å². The Morgan fingerprint density at radius 1 is 1.58 bits per heavy atom. The van der Waals surface area contributed by atoms with Crippen LogP contribution in [0.5, 0.6) is 0 Å². The van der Waals surface area contributed by atoms with Gasteiger partial charge in [0.2, 0.25) is 5.91 Å². The Morgan fingerprint density at radius 3 is 3.16 bits per heavy atom. The zero-order valence-corrected chi connectivity index (χ0v) is 12.8. The Labute approximate surface area is 124 Å². The minimum atomic E-state index is -0.215. The molecule has 0 aromatic carbocycles. The van der Waals surface area contributed by atoms with Crippen molar-refractivity contribution in [2.24, 2.45) is 5.41 Å². The number of thiophene rings is 1. The number of carbonyl (C=O) groups is 1. The van der Waals surface area contributed by atoms with Crippen molar-refractivity contribution < 1.29 is 4.79 Å². The third-order valence-electron chi connectivity index (χ3n) is 4.27. The molecule has 106 valence electrons. The molecule has 5 heteroatoms. The fourth-order valence-electron chi connectivity index (χ4n) is 2.98. The van der Waals surface area contributed by atoms with Crippen molar-refractivity contribution in [1.29, 1.82) is 0 Å². The molecule has 3 rings (SSSR count). The molecular formula is C14H21ClN2OS. The molecule has 0 spiro atoms. The summed E-state index contributed by atoms with van der Waals surface area (Å²) in [7, 11) is 0. The van der Waals surface area contributed by atoms with E-state index < -0.39 is 0 Å². The molecule has 1 aromatic rings. The second kappa shape index (κ2) is 5.81. The van der Waals surface area contributed by atoms with Crippen LogP contribution >= 0.6 is 23.7 Å². The van der Waals surface area contributed by atoms with Gasteiger partial charge in [-0.3, -0.25) is 4.79 Å². The van der Waals surface area contributed by atoms with Crippen LogP contribution < -0.4 is 10.6 Å². The molecule has 19 heavy (non-hydrogen) atoms. The summed E-state index contributed by atoms with van der Waals surface area (Å²) in [6, 6.07) is 2.42. The highest BCUT2D eigenvalue weighted by atomic mass is 35.5. The van der Waals surface area contributed by atoms with Crippen LogP contribution in [0.1, 0.15) is 42.7 Å². The molecule has 2 unspecified atom stereocenters. The lowest BCUT2D eigenvalue weighted by molar-refractivity contribution is -0.130. The van der Waals surface area contributed by atoms with Crippen molar-refractivity contribution in [2.45, 2.75) is 38.6 Å². The highest BCUT2D eigenvalue weighted by molar-refractivity contribution is 7.10. The minimum Gasteiger partial charge on any atom is -0.349 e. The first-order valence-electron chi connectivity index (χ1n) is 6.77. The summed E-state index contributed by atoms with van der Waals surface area (Å²) in [4.78, 5) is 13.9. The molecule has 2 atom stereocenters. The quantitative estimate of drug-likeness (QED) is 0.882. The van der Waals surface area contributed by atoms with Crippen molar-refractivity contribution in [3.8, 4) is 0 Å². The van der Waals surface area contributed by atoms with Gasteiger partial charge in [-0.2, -0.15) is 0 Å². The molecule has 0 saturated carbocycles. The Balaban J connectivity index is 0.00000133. The summed E-state index contributed by atoms with van der Waals surface area (Å²) in [5, 5.41) is 8.70. The lowest BCUT2D eigenvalue weighted by Crippen LogP contribution is -2.42. The summed E-state index contributed by atoms with van der Waals surface area (Å²) in [6.07, 6.45) is 4.40. The second-order valence-corrected chi connectivity index (χ2v) is 6.71. The van der Waals surface area contributed by atoms with E-state index in [1.165, 1.54) is 23.3 Å². The van der Waals surface area contributed by atoms with Gasteiger partial charge in [-0.25, -0.2) is 0 Å². The largest absolute Gasteiger partial charge is 0.349 e. The predicted octanol–water partition coefficient (Wildman–Crippen LogP) is 2.66. The van der Waals surface area contributed by atoms with Gasteiger partial charge in [0.05, 0.1) is 11.5 Å². The number of nitrogens with one attached hydrogen (secondary N) is 2. The molecule has 0 bridgehead atoms. The summed E-state index contributed by atoms with van der Waals surface area (Å²) in [6.45, 7) is 3.83. The molecule has 2 heterocycles. The van der Waals surface area contributed by atoms with E-state index in [2.05, 4.69) is 29.0 Å². The van der Waals surface area contributed by atoms with Gasteiger partial charge in [0.15, 0.2) is 0 Å². The lowest BCUT2D eigenvalue weighted by Gasteiger charge is -2.28. The summed E-state index contributed by atoms with van der Waals surface area (Å²) in [5.41, 5.74) is 1.14. The third-order valence-corrected chi connectivity index (χ3v) is 5.27. The number of amides is 1. The molecule has 1 fully saturated rings. The molecule has 0 radical (unpaired) electrons. The van der Waals surface area contributed by atoms with Gasteiger partial charge in [0.25, 0.3) is 0 Å². The highest BCUT2D eigenvalue weighted by Gasteiger charge is 2.37. The van der Waals surface area contributed by atoms with E-state index in [1.54, 1.807) is 0 Å². The number of hydrogen-bond acceptors (Lipinski definition) is 3. The van der Waals surface area contributed by atoms with E-state index >= 15 is 0 Å². The molecule has 2 N–H and O–H groups in total. The minimum absolute atomic E-state index is 0. The van der Waals surface area contributed by atoms with Crippen molar-refractivity contribution in [1.82, 2.24) is 10.6 Å². The Morgan fingerprint density at radius 2 is 2.42 bits per heavy atom. The first kappa shape index (κ1) is 14.8. The average molecular weight is 301 g/mol. The zero-order valence-electron chi connectivity index (χ0n) is 11.2. The predicted molar refractivity (Wildman–Crippen MR) is 81.0 cm³/mol. The SMILES string of the molecule is CC1(C(=O)NC2CCCc3sccc32)CCNC1.Cl. The third kappa shape index (κ3) is 2.81. The van der Waals surface area contributed by atoms with Gasteiger partial charge in [0, 0.05) is 11.4 Å².